The van der Waals surface area contributed by atoms with Crippen LogP contribution in [-0.4, -0.2) is 25.2 Å². The second-order valence-corrected chi connectivity index (χ2v) is 2.25. The lowest BCUT2D eigenvalue weighted by Gasteiger charge is -2.09. The number of aldehydes is 1. The Hall–Kier alpha value is -1.13. The molecule has 0 aromatic rings. The van der Waals surface area contributed by atoms with Gasteiger partial charge in [-0.25, -0.2) is 0 Å². The van der Waals surface area contributed by atoms with E-state index in [0.717, 1.165) is 13.1 Å². The van der Waals surface area contributed by atoms with Crippen molar-refractivity contribution in [3.8, 4) is 0 Å². The lowest BCUT2D eigenvalue weighted by atomic mass is 10.1. The highest BCUT2D eigenvalue weighted by molar-refractivity contribution is 6.36. The normalized spacial score (nSPS) is 14.5. The smallest absolute Gasteiger partial charge is 0.296 e. The van der Waals surface area contributed by atoms with Crippen molar-refractivity contribution in [3.05, 3.63) is 11.6 Å². The minimum absolute atomic E-state index is 0.106. The fraction of sp³-hybridized carbons (Fsp3) is 0.500. The van der Waals surface area contributed by atoms with Crippen LogP contribution in [-0.2, 0) is 4.79 Å². The molecule has 0 aromatic carbocycles. The fourth-order valence-corrected chi connectivity index (χ4v) is 0.806. The molecule has 0 fully saturated rings. The molecule has 0 heterocycles. The van der Waals surface area contributed by atoms with Gasteiger partial charge in [-0.1, -0.05) is 13.0 Å². The summed E-state index contributed by atoms with van der Waals surface area (Å²) in [6.07, 6.45) is -3.25. The first-order chi connectivity index (χ1) is 5.97. The number of rotatable bonds is 3. The van der Waals surface area contributed by atoms with E-state index in [1.165, 1.54) is 0 Å². The van der Waals surface area contributed by atoms with Gasteiger partial charge in [0.2, 0.25) is 0 Å². The summed E-state index contributed by atoms with van der Waals surface area (Å²) in [4.78, 5) is 13.5. The maximum absolute atomic E-state index is 12.2. The second-order valence-electron chi connectivity index (χ2n) is 2.25. The van der Waals surface area contributed by atoms with Gasteiger partial charge in [-0.2, -0.15) is 13.2 Å². The number of halogens is 3. The molecule has 0 saturated heterocycles. The Labute approximate surface area is 74.2 Å². The molecule has 0 amide bonds. The van der Waals surface area contributed by atoms with Crippen molar-refractivity contribution in [2.75, 3.05) is 7.05 Å². The van der Waals surface area contributed by atoms with E-state index in [4.69, 9.17) is 0 Å². The molecule has 0 aliphatic heterocycles. The first-order valence-corrected chi connectivity index (χ1v) is 3.67. The molecule has 0 unspecified atom stereocenters. The van der Waals surface area contributed by atoms with Crippen LogP contribution in [0.25, 0.3) is 0 Å². The average molecular weight is 193 g/mol. The van der Waals surface area contributed by atoms with E-state index in [1.807, 2.05) is 0 Å². The molecule has 2 nitrogen and oxygen atoms in total. The standard InChI is InChI=1S/C8H10F3NO/c1-3-4-6(8(9,10)11)7(5-13)12-2/h4-5H,3H2,1-2H3/b6-4+,12-7?. The largest absolute Gasteiger partial charge is 0.418 e. The fourth-order valence-electron chi connectivity index (χ4n) is 0.806. The predicted molar refractivity (Wildman–Crippen MR) is 43.9 cm³/mol. The van der Waals surface area contributed by atoms with Crippen LogP contribution in [0.5, 0.6) is 0 Å². The molecule has 0 aromatic heterocycles. The van der Waals surface area contributed by atoms with Crippen LogP contribution in [0.3, 0.4) is 0 Å². The Balaban J connectivity index is 5.05. The van der Waals surface area contributed by atoms with Gasteiger partial charge in [0.1, 0.15) is 5.71 Å². The van der Waals surface area contributed by atoms with Gasteiger partial charge in [-0.15, -0.1) is 0 Å². The van der Waals surface area contributed by atoms with Gasteiger partial charge >= 0.3 is 6.18 Å². The third-order valence-electron chi connectivity index (χ3n) is 1.34. The average Bonchev–Trinajstić information content (AvgIpc) is 2.03. The van der Waals surface area contributed by atoms with Crippen molar-refractivity contribution in [2.24, 2.45) is 4.99 Å². The van der Waals surface area contributed by atoms with Crippen LogP contribution in [0, 0.1) is 0 Å². The summed E-state index contributed by atoms with van der Waals surface area (Å²) in [6.45, 7) is 1.56. The quantitative estimate of drug-likeness (QED) is 0.498. The van der Waals surface area contributed by atoms with Crippen LogP contribution in [0.1, 0.15) is 13.3 Å². The summed E-state index contributed by atoms with van der Waals surface area (Å²) in [5, 5.41) is 0. The predicted octanol–water partition coefficient (Wildman–Crippen LogP) is 2.15. The zero-order valence-corrected chi connectivity index (χ0v) is 7.35. The van der Waals surface area contributed by atoms with Crippen LogP contribution in [0.15, 0.2) is 16.6 Å². The molecule has 0 aliphatic carbocycles. The zero-order chi connectivity index (χ0) is 10.5. The summed E-state index contributed by atoms with van der Waals surface area (Å²) < 4.78 is 36.7. The van der Waals surface area contributed by atoms with Crippen molar-refractivity contribution >= 4 is 12.0 Å². The van der Waals surface area contributed by atoms with Gasteiger partial charge in [0.25, 0.3) is 0 Å². The Morgan fingerprint density at radius 3 is 2.23 bits per heavy atom. The van der Waals surface area contributed by atoms with Gasteiger partial charge < -0.3 is 0 Å². The summed E-state index contributed by atoms with van der Waals surface area (Å²) >= 11 is 0. The Bertz CT molecular complexity index is 240. The Morgan fingerprint density at radius 2 is 2.00 bits per heavy atom. The number of carbonyl (C=O) groups excluding carboxylic acids is 1. The molecule has 0 saturated carbocycles. The van der Waals surface area contributed by atoms with Crippen LogP contribution in [0.4, 0.5) is 13.2 Å². The maximum Gasteiger partial charge on any atom is 0.418 e. The molecule has 13 heavy (non-hydrogen) atoms. The number of alkyl halides is 3. The zero-order valence-electron chi connectivity index (χ0n) is 7.35. The second kappa shape index (κ2) is 4.79. The lowest BCUT2D eigenvalue weighted by molar-refractivity contribution is -0.104. The third kappa shape index (κ3) is 3.40. The molecule has 0 radical (unpaired) electrons. The monoisotopic (exact) mass is 193 g/mol. The summed E-state index contributed by atoms with van der Waals surface area (Å²) in [6, 6.07) is 0. The topological polar surface area (TPSA) is 29.4 Å². The van der Waals surface area contributed by atoms with Crippen molar-refractivity contribution in [3.63, 3.8) is 0 Å². The van der Waals surface area contributed by atoms with Gasteiger partial charge in [-0.05, 0) is 6.42 Å². The highest BCUT2D eigenvalue weighted by Gasteiger charge is 2.36. The molecule has 74 valence electrons. The van der Waals surface area contributed by atoms with E-state index in [1.54, 1.807) is 6.92 Å². The molecule has 0 bridgehead atoms. The molecule has 0 rings (SSSR count). The number of hydrogen-bond donors (Lipinski definition) is 0. The first-order valence-electron chi connectivity index (χ1n) is 3.67. The first kappa shape index (κ1) is 11.9. The Kier molecular flexibility index (Phi) is 4.37. The molecular weight excluding hydrogens is 183 g/mol. The molecule has 0 atom stereocenters. The minimum atomic E-state index is -4.51. The highest BCUT2D eigenvalue weighted by Crippen LogP contribution is 2.26. The van der Waals surface area contributed by atoms with Gasteiger partial charge in [0, 0.05) is 7.05 Å². The molecule has 0 aliphatic rings. The molecular formula is C8H10F3NO. The van der Waals surface area contributed by atoms with Crippen molar-refractivity contribution < 1.29 is 18.0 Å². The number of hydrogen-bond acceptors (Lipinski definition) is 2. The summed E-state index contributed by atoms with van der Waals surface area (Å²) in [5.41, 5.74) is -1.53. The van der Waals surface area contributed by atoms with Crippen molar-refractivity contribution in [1.82, 2.24) is 0 Å². The van der Waals surface area contributed by atoms with E-state index in [0.29, 0.717) is 0 Å². The molecule has 5 heteroatoms. The van der Waals surface area contributed by atoms with Crippen molar-refractivity contribution in [2.45, 2.75) is 19.5 Å². The third-order valence-corrected chi connectivity index (χ3v) is 1.34. The summed E-state index contributed by atoms with van der Waals surface area (Å²) in [5.74, 6) is 0. The van der Waals surface area contributed by atoms with Crippen molar-refractivity contribution in [1.29, 1.82) is 0 Å². The number of carbonyl (C=O) groups is 1. The maximum atomic E-state index is 12.2. The van der Waals surface area contributed by atoms with E-state index in [9.17, 15) is 18.0 Å². The molecule has 0 N–H and O–H groups in total. The van der Waals surface area contributed by atoms with Gasteiger partial charge in [0.05, 0.1) is 5.57 Å². The Morgan fingerprint density at radius 1 is 1.46 bits per heavy atom. The number of nitrogens with zero attached hydrogens (tertiary/aromatic N) is 1. The highest BCUT2D eigenvalue weighted by atomic mass is 19.4. The van der Waals surface area contributed by atoms with Crippen LogP contribution in [0.2, 0.25) is 0 Å². The lowest BCUT2D eigenvalue weighted by Crippen LogP contribution is -2.21. The van der Waals surface area contributed by atoms with Crippen LogP contribution >= 0.6 is 0 Å². The van der Waals surface area contributed by atoms with E-state index in [2.05, 4.69) is 4.99 Å². The summed E-state index contributed by atoms with van der Waals surface area (Å²) in [7, 11) is 1.15. The minimum Gasteiger partial charge on any atom is -0.296 e. The van der Waals surface area contributed by atoms with Gasteiger partial charge in [0.15, 0.2) is 6.29 Å². The number of allylic oxidation sites excluding steroid dienone is 2. The molecule has 0 spiro atoms. The SMILES string of the molecule is CC/C=C(\C(C=O)=NC)C(F)(F)F. The van der Waals surface area contributed by atoms with E-state index < -0.39 is 17.5 Å². The van der Waals surface area contributed by atoms with E-state index >= 15 is 0 Å². The van der Waals surface area contributed by atoms with E-state index in [-0.39, 0.29) is 12.7 Å². The number of aliphatic imine (C=N–C) groups is 1. The van der Waals surface area contributed by atoms with Crippen LogP contribution < -0.4 is 0 Å². The van der Waals surface area contributed by atoms with Gasteiger partial charge in [-0.3, -0.25) is 9.79 Å².